The number of carbonyl (C=O) groups is 2. The highest BCUT2D eigenvalue weighted by Gasteiger charge is 2.28. The lowest BCUT2D eigenvalue weighted by molar-refractivity contribution is 0.0977. The SMILES string of the molecule is O=C1CCN(C(=O)OCc2ccccc2)c2ccc(O)cc21. The zero-order chi connectivity index (χ0) is 15.5. The highest BCUT2D eigenvalue weighted by molar-refractivity contribution is 6.07. The van der Waals surface area contributed by atoms with Gasteiger partial charge in [-0.25, -0.2) is 4.79 Å². The molecule has 0 bridgehead atoms. The minimum absolute atomic E-state index is 0.00611. The van der Waals surface area contributed by atoms with Crippen molar-refractivity contribution in [2.75, 3.05) is 11.4 Å². The summed E-state index contributed by atoms with van der Waals surface area (Å²) in [6.07, 6.45) is -0.278. The second-order valence-corrected chi connectivity index (χ2v) is 5.07. The molecule has 5 heteroatoms. The fraction of sp³-hybridized carbons (Fsp3) is 0.176. The maximum Gasteiger partial charge on any atom is 0.414 e. The second-order valence-electron chi connectivity index (χ2n) is 5.07. The Morgan fingerprint density at radius 2 is 1.95 bits per heavy atom. The number of hydrogen-bond donors (Lipinski definition) is 1. The number of rotatable bonds is 2. The van der Waals surface area contributed by atoms with Crippen molar-refractivity contribution in [3.05, 3.63) is 59.7 Å². The Kier molecular flexibility index (Phi) is 3.78. The van der Waals surface area contributed by atoms with Crippen LogP contribution < -0.4 is 4.90 Å². The number of nitrogens with zero attached hydrogens (tertiary/aromatic N) is 1. The van der Waals surface area contributed by atoms with Crippen molar-refractivity contribution >= 4 is 17.6 Å². The Hall–Kier alpha value is -2.82. The molecule has 1 heterocycles. The molecule has 1 N–H and O–H groups in total. The number of Topliss-reactive ketones (excluding diaryl/α,β-unsaturated/α-hetero) is 1. The van der Waals surface area contributed by atoms with Gasteiger partial charge in [-0.1, -0.05) is 30.3 Å². The van der Waals surface area contributed by atoms with E-state index < -0.39 is 6.09 Å². The van der Waals surface area contributed by atoms with Crippen LogP contribution >= 0.6 is 0 Å². The summed E-state index contributed by atoms with van der Waals surface area (Å²) in [5, 5.41) is 9.50. The van der Waals surface area contributed by atoms with E-state index in [0.717, 1.165) is 5.56 Å². The monoisotopic (exact) mass is 297 g/mol. The van der Waals surface area contributed by atoms with E-state index in [9.17, 15) is 14.7 Å². The summed E-state index contributed by atoms with van der Waals surface area (Å²) in [6.45, 7) is 0.460. The van der Waals surface area contributed by atoms with Gasteiger partial charge in [-0.05, 0) is 23.8 Å². The molecule has 112 valence electrons. The highest BCUT2D eigenvalue weighted by Crippen LogP contribution is 2.30. The van der Waals surface area contributed by atoms with Gasteiger partial charge in [0.15, 0.2) is 5.78 Å². The van der Waals surface area contributed by atoms with Crippen molar-refractivity contribution in [1.29, 1.82) is 0 Å². The van der Waals surface area contributed by atoms with Gasteiger partial charge in [0.1, 0.15) is 12.4 Å². The lowest BCUT2D eigenvalue weighted by Crippen LogP contribution is -2.37. The average molecular weight is 297 g/mol. The molecular formula is C17H15NO4. The van der Waals surface area contributed by atoms with Crippen molar-refractivity contribution in [2.24, 2.45) is 0 Å². The molecule has 1 amide bonds. The first kappa shape index (κ1) is 14.1. The van der Waals surface area contributed by atoms with E-state index in [4.69, 9.17) is 4.74 Å². The summed E-state index contributed by atoms with van der Waals surface area (Å²) in [6, 6.07) is 13.8. The van der Waals surface area contributed by atoms with Gasteiger partial charge in [0.25, 0.3) is 0 Å². The van der Waals surface area contributed by atoms with Crippen LogP contribution in [0.2, 0.25) is 0 Å². The van der Waals surface area contributed by atoms with Crippen LogP contribution in [-0.2, 0) is 11.3 Å². The highest BCUT2D eigenvalue weighted by atomic mass is 16.6. The Balaban J connectivity index is 1.77. The van der Waals surface area contributed by atoms with Crippen molar-refractivity contribution in [1.82, 2.24) is 0 Å². The van der Waals surface area contributed by atoms with Crippen LogP contribution in [0.3, 0.4) is 0 Å². The predicted octanol–water partition coefficient (Wildman–Crippen LogP) is 3.12. The number of phenolic OH excluding ortho intramolecular Hbond substituents is 1. The third-order valence-electron chi connectivity index (χ3n) is 3.56. The number of phenols is 1. The number of anilines is 1. The van der Waals surface area contributed by atoms with E-state index in [1.165, 1.54) is 17.0 Å². The first-order valence-electron chi connectivity index (χ1n) is 6.99. The summed E-state index contributed by atoms with van der Waals surface area (Å²) in [4.78, 5) is 25.6. The number of hydrogen-bond acceptors (Lipinski definition) is 4. The number of benzene rings is 2. The molecule has 0 fully saturated rings. The zero-order valence-corrected chi connectivity index (χ0v) is 11.9. The van der Waals surface area contributed by atoms with E-state index in [2.05, 4.69) is 0 Å². The number of ketones is 1. The van der Waals surface area contributed by atoms with Crippen molar-refractivity contribution in [3.8, 4) is 5.75 Å². The van der Waals surface area contributed by atoms with Gasteiger partial charge < -0.3 is 9.84 Å². The minimum Gasteiger partial charge on any atom is -0.508 e. The van der Waals surface area contributed by atoms with Gasteiger partial charge >= 0.3 is 6.09 Å². The van der Waals surface area contributed by atoms with Gasteiger partial charge in [-0.2, -0.15) is 0 Å². The fourth-order valence-corrected chi connectivity index (χ4v) is 2.44. The van der Waals surface area contributed by atoms with E-state index in [0.29, 0.717) is 11.3 Å². The van der Waals surface area contributed by atoms with Crippen LogP contribution in [0, 0.1) is 0 Å². The zero-order valence-electron chi connectivity index (χ0n) is 11.9. The van der Waals surface area contributed by atoms with Crippen LogP contribution in [0.5, 0.6) is 5.75 Å². The number of amides is 1. The molecule has 1 aliphatic heterocycles. The van der Waals surface area contributed by atoms with Crippen molar-refractivity contribution in [2.45, 2.75) is 13.0 Å². The molecule has 0 unspecified atom stereocenters. The van der Waals surface area contributed by atoms with E-state index in [1.807, 2.05) is 30.3 Å². The molecule has 1 aliphatic rings. The van der Waals surface area contributed by atoms with Crippen molar-refractivity contribution in [3.63, 3.8) is 0 Å². The van der Waals surface area contributed by atoms with Gasteiger partial charge in [-0.15, -0.1) is 0 Å². The molecule has 0 aromatic heterocycles. The number of aromatic hydroxyl groups is 1. The van der Waals surface area contributed by atoms with Crippen LogP contribution in [0.4, 0.5) is 10.5 Å². The third-order valence-corrected chi connectivity index (χ3v) is 3.56. The van der Waals surface area contributed by atoms with Gasteiger partial charge in [0.05, 0.1) is 5.69 Å². The van der Waals surface area contributed by atoms with Gasteiger partial charge in [-0.3, -0.25) is 9.69 Å². The summed E-state index contributed by atoms with van der Waals surface area (Å²) < 4.78 is 5.30. The lowest BCUT2D eigenvalue weighted by atomic mass is 10.0. The Morgan fingerprint density at radius 3 is 2.73 bits per heavy atom. The Morgan fingerprint density at radius 1 is 1.18 bits per heavy atom. The largest absolute Gasteiger partial charge is 0.508 e. The van der Waals surface area contributed by atoms with Gasteiger partial charge in [0, 0.05) is 18.5 Å². The molecule has 0 spiro atoms. The topological polar surface area (TPSA) is 66.8 Å². The quantitative estimate of drug-likeness (QED) is 0.924. The first-order chi connectivity index (χ1) is 10.6. The smallest absolute Gasteiger partial charge is 0.414 e. The fourth-order valence-electron chi connectivity index (χ4n) is 2.44. The molecule has 0 radical (unpaired) electrons. The van der Waals surface area contributed by atoms with Crippen molar-refractivity contribution < 1.29 is 19.4 Å². The molecule has 0 saturated heterocycles. The molecule has 0 saturated carbocycles. The molecule has 2 aromatic rings. The van der Waals surface area contributed by atoms with E-state index in [-0.39, 0.29) is 31.1 Å². The molecule has 2 aromatic carbocycles. The summed E-state index contributed by atoms with van der Waals surface area (Å²) in [5.74, 6) is -0.0791. The lowest BCUT2D eigenvalue weighted by Gasteiger charge is -2.28. The average Bonchev–Trinajstić information content (AvgIpc) is 2.54. The van der Waals surface area contributed by atoms with Crippen LogP contribution in [0.1, 0.15) is 22.3 Å². The predicted molar refractivity (Wildman–Crippen MR) is 81.0 cm³/mol. The minimum atomic E-state index is -0.497. The molecule has 0 atom stereocenters. The summed E-state index contributed by atoms with van der Waals surface area (Å²) in [5.41, 5.74) is 1.73. The molecular weight excluding hydrogens is 282 g/mol. The molecule has 22 heavy (non-hydrogen) atoms. The maximum atomic E-state index is 12.3. The first-order valence-corrected chi connectivity index (χ1v) is 6.99. The van der Waals surface area contributed by atoms with Gasteiger partial charge in [0.2, 0.25) is 0 Å². The van der Waals surface area contributed by atoms with Crippen LogP contribution in [0.15, 0.2) is 48.5 Å². The third kappa shape index (κ3) is 2.79. The number of fused-ring (bicyclic) bond motifs is 1. The van der Waals surface area contributed by atoms with Crippen LogP contribution in [-0.4, -0.2) is 23.5 Å². The number of carbonyl (C=O) groups excluding carboxylic acids is 2. The maximum absolute atomic E-state index is 12.3. The summed E-state index contributed by atoms with van der Waals surface area (Å²) >= 11 is 0. The Labute approximate surface area is 127 Å². The second kappa shape index (κ2) is 5.89. The molecule has 5 nitrogen and oxygen atoms in total. The number of ether oxygens (including phenoxy) is 1. The Bertz CT molecular complexity index is 712. The van der Waals surface area contributed by atoms with Crippen LogP contribution in [0.25, 0.3) is 0 Å². The van der Waals surface area contributed by atoms with E-state index >= 15 is 0 Å². The molecule has 3 rings (SSSR count). The standard InChI is InChI=1S/C17H15NO4/c19-13-6-7-15-14(10-13)16(20)8-9-18(15)17(21)22-11-12-4-2-1-3-5-12/h1-7,10,19H,8-9,11H2. The summed E-state index contributed by atoms with van der Waals surface area (Å²) in [7, 11) is 0. The van der Waals surface area contributed by atoms with E-state index in [1.54, 1.807) is 6.07 Å². The normalized spacial score (nSPS) is 13.6. The molecule has 0 aliphatic carbocycles.